The molecule has 0 amide bonds. The Kier molecular flexibility index (Phi) is 5.76. The number of sulfone groups is 1. The number of carbonyl (C=O) groups is 1. The molecule has 0 aromatic heterocycles. The van der Waals surface area contributed by atoms with Crippen molar-refractivity contribution in [2.75, 3.05) is 18.4 Å². The van der Waals surface area contributed by atoms with Gasteiger partial charge in [-0.3, -0.25) is 9.69 Å². The minimum Gasteiger partial charge on any atom is -0.480 e. The highest BCUT2D eigenvalue weighted by Gasteiger charge is 2.35. The predicted octanol–water partition coefficient (Wildman–Crippen LogP) is 2.03. The van der Waals surface area contributed by atoms with Gasteiger partial charge in [-0.25, -0.2) is 8.42 Å². The van der Waals surface area contributed by atoms with Crippen LogP contribution in [0.2, 0.25) is 0 Å². The Bertz CT molecular complexity index is 690. The van der Waals surface area contributed by atoms with E-state index in [1.165, 1.54) is 12.1 Å². The summed E-state index contributed by atoms with van der Waals surface area (Å²) in [6.07, 6.45) is 1.26. The Balaban J connectivity index is 2.04. The van der Waals surface area contributed by atoms with E-state index in [4.69, 9.17) is 5.11 Å². The predicted molar refractivity (Wildman–Crippen MR) is 84.9 cm³/mol. The molecular weight excluding hydrogens is 342 g/mol. The lowest BCUT2D eigenvalue weighted by Gasteiger charge is -2.42. The third-order valence-corrected chi connectivity index (χ3v) is 5.60. The minimum absolute atomic E-state index is 0.0514. The van der Waals surface area contributed by atoms with E-state index >= 15 is 0 Å². The van der Waals surface area contributed by atoms with E-state index in [0.717, 1.165) is 6.07 Å². The van der Waals surface area contributed by atoms with Crippen LogP contribution in [0, 0.1) is 0 Å². The zero-order valence-corrected chi connectivity index (χ0v) is 14.0. The summed E-state index contributed by atoms with van der Waals surface area (Å²) in [4.78, 5) is 12.2. The van der Waals surface area contributed by atoms with Crippen molar-refractivity contribution in [1.29, 1.82) is 0 Å². The lowest BCUT2D eigenvalue weighted by atomic mass is 9.85. The van der Waals surface area contributed by atoms with Crippen LogP contribution < -0.4 is 5.32 Å². The number of hydrogen-bond donors (Lipinski definition) is 2. The van der Waals surface area contributed by atoms with Gasteiger partial charge in [0.1, 0.15) is 0 Å². The number of nitrogens with zero attached hydrogens (tertiary/aromatic N) is 1. The van der Waals surface area contributed by atoms with Crippen molar-refractivity contribution in [2.45, 2.75) is 42.5 Å². The van der Waals surface area contributed by atoms with Crippen LogP contribution in [0.5, 0.6) is 0 Å². The lowest BCUT2D eigenvalue weighted by Crippen LogP contribution is -2.51. The quantitative estimate of drug-likeness (QED) is 0.736. The molecule has 0 radical (unpaired) electrons. The van der Waals surface area contributed by atoms with E-state index in [9.17, 15) is 22.0 Å². The van der Waals surface area contributed by atoms with E-state index in [2.05, 4.69) is 5.32 Å². The topological polar surface area (TPSA) is 86.7 Å². The van der Waals surface area contributed by atoms with Gasteiger partial charge in [0.05, 0.1) is 17.1 Å². The molecule has 1 aliphatic rings. The van der Waals surface area contributed by atoms with Gasteiger partial charge in [-0.1, -0.05) is 19.1 Å². The smallest absolute Gasteiger partial charge is 0.341 e. The number of hydrogen-bond acceptors (Lipinski definition) is 5. The summed E-state index contributed by atoms with van der Waals surface area (Å²) in [5.41, 5.74) is 0.155. The average molecular weight is 362 g/mol. The summed E-state index contributed by atoms with van der Waals surface area (Å²) in [6, 6.07) is 5.59. The highest BCUT2D eigenvalue weighted by atomic mass is 32.2. The maximum Gasteiger partial charge on any atom is 0.341 e. The zero-order valence-electron chi connectivity index (χ0n) is 13.2. The third kappa shape index (κ3) is 4.02. The van der Waals surface area contributed by atoms with E-state index in [1.54, 1.807) is 6.07 Å². The molecule has 0 unspecified atom stereocenters. The molecule has 0 spiro atoms. The highest BCUT2D eigenvalue weighted by molar-refractivity contribution is 7.91. The molecule has 0 bridgehead atoms. The van der Waals surface area contributed by atoms with Gasteiger partial charge in [-0.2, -0.15) is 8.78 Å². The maximum absolute atomic E-state index is 12.8. The Morgan fingerprint density at radius 2 is 2.00 bits per heavy atom. The molecule has 0 heterocycles. The lowest BCUT2D eigenvalue weighted by molar-refractivity contribution is -0.139. The molecule has 0 saturated heterocycles. The molecule has 1 saturated carbocycles. The molecule has 9 heteroatoms. The Morgan fingerprint density at radius 1 is 1.38 bits per heavy atom. The maximum atomic E-state index is 12.8. The molecule has 2 N–H and O–H groups in total. The second-order valence-electron chi connectivity index (χ2n) is 5.73. The largest absolute Gasteiger partial charge is 0.480 e. The van der Waals surface area contributed by atoms with Crippen molar-refractivity contribution in [3.05, 3.63) is 24.3 Å². The second kappa shape index (κ2) is 7.43. The zero-order chi connectivity index (χ0) is 17.9. The minimum atomic E-state index is -4.67. The molecule has 24 heavy (non-hydrogen) atoms. The van der Waals surface area contributed by atoms with Gasteiger partial charge in [-0.15, -0.1) is 0 Å². The molecule has 1 fully saturated rings. The van der Waals surface area contributed by atoms with Crippen molar-refractivity contribution < 1.29 is 27.1 Å². The SMILES string of the molecule is CCN(CC(=O)O)C1CC(Nc2ccccc2S(=O)(=O)C(F)F)C1. The number of carboxylic acid groups (broad SMARTS) is 1. The summed E-state index contributed by atoms with van der Waals surface area (Å²) < 4.78 is 49.0. The molecule has 1 aliphatic carbocycles. The number of benzene rings is 1. The molecule has 134 valence electrons. The highest BCUT2D eigenvalue weighted by Crippen LogP contribution is 2.32. The first kappa shape index (κ1) is 18.6. The van der Waals surface area contributed by atoms with Gasteiger partial charge in [0.15, 0.2) is 0 Å². The van der Waals surface area contributed by atoms with Crippen LogP contribution in [-0.4, -0.2) is 55.3 Å². The van der Waals surface area contributed by atoms with Crippen LogP contribution in [0.15, 0.2) is 29.2 Å². The Labute approximate surface area is 139 Å². The van der Waals surface area contributed by atoms with Crippen molar-refractivity contribution >= 4 is 21.5 Å². The van der Waals surface area contributed by atoms with Crippen LogP contribution in [0.25, 0.3) is 0 Å². The van der Waals surface area contributed by atoms with E-state index in [1.807, 2.05) is 11.8 Å². The summed E-state index contributed by atoms with van der Waals surface area (Å²) in [5, 5.41) is 11.9. The number of likely N-dealkylation sites (N-methyl/N-ethyl adjacent to an activating group) is 1. The fraction of sp³-hybridized carbons (Fsp3) is 0.533. The van der Waals surface area contributed by atoms with E-state index in [-0.39, 0.29) is 24.3 Å². The van der Waals surface area contributed by atoms with E-state index in [0.29, 0.717) is 19.4 Å². The fourth-order valence-corrected chi connectivity index (χ4v) is 3.72. The third-order valence-electron chi connectivity index (χ3n) is 4.16. The van der Waals surface area contributed by atoms with Gasteiger partial charge in [0, 0.05) is 12.1 Å². The fourth-order valence-electron chi connectivity index (χ4n) is 2.83. The van der Waals surface area contributed by atoms with Crippen LogP contribution in [0.4, 0.5) is 14.5 Å². The number of anilines is 1. The van der Waals surface area contributed by atoms with Crippen LogP contribution in [0.3, 0.4) is 0 Å². The van der Waals surface area contributed by atoms with Crippen LogP contribution in [-0.2, 0) is 14.6 Å². The number of nitrogens with one attached hydrogen (secondary N) is 1. The van der Waals surface area contributed by atoms with Crippen molar-refractivity contribution in [1.82, 2.24) is 4.90 Å². The number of carboxylic acids is 1. The first-order valence-corrected chi connectivity index (χ1v) is 9.13. The van der Waals surface area contributed by atoms with Crippen molar-refractivity contribution in [3.8, 4) is 0 Å². The molecular formula is C15H20F2N2O4S. The monoisotopic (exact) mass is 362 g/mol. The van der Waals surface area contributed by atoms with Crippen molar-refractivity contribution in [3.63, 3.8) is 0 Å². The van der Waals surface area contributed by atoms with Gasteiger partial charge in [0.25, 0.3) is 0 Å². The first-order chi connectivity index (χ1) is 11.3. The summed E-state index contributed by atoms with van der Waals surface area (Å²) in [6.45, 7) is 2.42. The van der Waals surface area contributed by atoms with Crippen LogP contribution >= 0.6 is 0 Å². The molecule has 1 aromatic carbocycles. The van der Waals surface area contributed by atoms with Crippen molar-refractivity contribution in [2.24, 2.45) is 0 Å². The summed E-state index contributed by atoms with van der Waals surface area (Å²) in [7, 11) is -4.67. The number of rotatable bonds is 8. The Morgan fingerprint density at radius 3 is 2.54 bits per heavy atom. The second-order valence-corrected chi connectivity index (χ2v) is 7.61. The van der Waals surface area contributed by atoms with Gasteiger partial charge in [0.2, 0.25) is 9.84 Å². The standard InChI is InChI=1S/C15H20F2N2O4S/c1-2-19(9-14(20)21)11-7-10(8-11)18-12-5-3-4-6-13(12)24(22,23)15(16)17/h3-6,10-11,15,18H,2,7-9H2,1H3,(H,20,21). The Hall–Kier alpha value is -1.74. The molecule has 0 atom stereocenters. The number of alkyl halides is 2. The number of halogens is 2. The first-order valence-electron chi connectivity index (χ1n) is 7.59. The molecule has 2 rings (SSSR count). The number of aliphatic carboxylic acids is 1. The van der Waals surface area contributed by atoms with Gasteiger partial charge in [-0.05, 0) is 31.5 Å². The summed E-state index contributed by atoms with van der Waals surface area (Å²) in [5.74, 6) is -4.37. The number of para-hydroxylation sites is 1. The molecule has 0 aliphatic heterocycles. The normalized spacial score (nSPS) is 20.9. The summed E-state index contributed by atoms with van der Waals surface area (Å²) >= 11 is 0. The van der Waals surface area contributed by atoms with Gasteiger partial charge >= 0.3 is 11.7 Å². The average Bonchev–Trinajstić information content (AvgIpc) is 2.48. The molecule has 1 aromatic rings. The molecule has 6 nitrogen and oxygen atoms in total. The van der Waals surface area contributed by atoms with Crippen LogP contribution in [0.1, 0.15) is 19.8 Å². The van der Waals surface area contributed by atoms with E-state index < -0.39 is 26.5 Å². The van der Waals surface area contributed by atoms with Gasteiger partial charge < -0.3 is 10.4 Å².